The minimum absolute atomic E-state index is 0.308. The van der Waals surface area contributed by atoms with E-state index in [2.05, 4.69) is 20.7 Å². The largest absolute Gasteiger partial charge is 0.493 e. The zero-order valence-electron chi connectivity index (χ0n) is 21.7. The van der Waals surface area contributed by atoms with Gasteiger partial charge >= 0.3 is 0 Å². The lowest BCUT2D eigenvalue weighted by Gasteiger charge is -2.14. The van der Waals surface area contributed by atoms with Crippen molar-refractivity contribution in [2.75, 3.05) is 32.0 Å². The Morgan fingerprint density at radius 3 is 1.78 bits per heavy atom. The number of rotatable bonds is 10. The van der Waals surface area contributed by atoms with Crippen molar-refractivity contribution >= 4 is 17.8 Å². The highest BCUT2D eigenvalue weighted by Gasteiger charge is 2.22. The first-order valence-electron chi connectivity index (χ1n) is 11.8. The van der Waals surface area contributed by atoms with E-state index in [4.69, 9.17) is 14.2 Å². The predicted octanol–water partition coefficient (Wildman–Crippen LogP) is 4.83. The summed E-state index contributed by atoms with van der Waals surface area (Å²) in [7, 11) is 4.52. The van der Waals surface area contributed by atoms with Crippen LogP contribution in [0.3, 0.4) is 0 Å². The van der Waals surface area contributed by atoms with Gasteiger partial charge in [-0.1, -0.05) is 59.7 Å². The van der Waals surface area contributed by atoms with Crippen molar-refractivity contribution in [3.05, 3.63) is 88.5 Å². The third-order valence-electron chi connectivity index (χ3n) is 5.85. The highest BCUT2D eigenvalue weighted by atomic mass is 16.5. The van der Waals surface area contributed by atoms with Gasteiger partial charge in [-0.05, 0) is 37.1 Å². The SMILES string of the molecule is COc1cc(C(=O)n2nc(NCc3ccc(C)cc3)nc2NCc2ccc(C)cc2)cc(OC)c1OC. The van der Waals surface area contributed by atoms with Crippen molar-refractivity contribution in [3.63, 3.8) is 0 Å². The van der Waals surface area contributed by atoms with Gasteiger partial charge in [0, 0.05) is 18.7 Å². The van der Waals surface area contributed by atoms with E-state index in [1.807, 2.05) is 62.4 Å². The van der Waals surface area contributed by atoms with Crippen LogP contribution in [0.25, 0.3) is 0 Å². The summed E-state index contributed by atoms with van der Waals surface area (Å²) in [5.74, 6) is 1.38. The van der Waals surface area contributed by atoms with Gasteiger partial charge in [0.25, 0.3) is 5.91 Å². The second-order valence-electron chi connectivity index (χ2n) is 8.57. The number of ether oxygens (including phenoxy) is 3. The fraction of sp³-hybridized carbons (Fsp3) is 0.250. The Hall–Kier alpha value is -4.53. The normalized spacial score (nSPS) is 10.6. The van der Waals surface area contributed by atoms with Crippen molar-refractivity contribution in [2.45, 2.75) is 26.9 Å². The number of benzene rings is 3. The average molecular weight is 502 g/mol. The lowest BCUT2D eigenvalue weighted by atomic mass is 10.1. The first-order valence-corrected chi connectivity index (χ1v) is 11.8. The molecule has 0 aliphatic rings. The van der Waals surface area contributed by atoms with Gasteiger partial charge in [0.1, 0.15) is 0 Å². The van der Waals surface area contributed by atoms with Gasteiger partial charge in [-0.25, -0.2) is 0 Å². The first kappa shape index (κ1) is 25.6. The van der Waals surface area contributed by atoms with E-state index in [0.717, 1.165) is 11.1 Å². The molecule has 0 amide bonds. The quantitative estimate of drug-likeness (QED) is 0.319. The highest BCUT2D eigenvalue weighted by molar-refractivity contribution is 5.98. The number of hydrogen-bond acceptors (Lipinski definition) is 8. The van der Waals surface area contributed by atoms with E-state index >= 15 is 0 Å². The third-order valence-corrected chi connectivity index (χ3v) is 5.85. The van der Waals surface area contributed by atoms with Crippen LogP contribution < -0.4 is 24.8 Å². The Bertz CT molecular complexity index is 1340. The standard InChI is InChI=1S/C28H31N5O4/c1-18-6-10-20(11-7-18)16-29-27-31-28(30-17-21-12-8-19(2)9-13-21)33(32-27)26(34)22-14-23(35-3)25(37-5)24(15-22)36-4/h6-15H,16-17H2,1-5H3,(H2,29,30,31,32). The number of carbonyl (C=O) groups excluding carboxylic acids is 1. The predicted molar refractivity (Wildman–Crippen MR) is 143 cm³/mol. The van der Waals surface area contributed by atoms with Gasteiger partial charge in [0.2, 0.25) is 17.6 Å². The Morgan fingerprint density at radius 2 is 1.30 bits per heavy atom. The highest BCUT2D eigenvalue weighted by Crippen LogP contribution is 2.38. The van der Waals surface area contributed by atoms with E-state index in [-0.39, 0.29) is 0 Å². The van der Waals surface area contributed by atoms with E-state index in [1.165, 1.54) is 37.1 Å². The summed E-state index contributed by atoms with van der Waals surface area (Å²) < 4.78 is 17.5. The Labute approximate surface area is 216 Å². The van der Waals surface area contributed by atoms with Crippen molar-refractivity contribution in [1.82, 2.24) is 14.8 Å². The Morgan fingerprint density at radius 1 is 0.784 bits per heavy atom. The monoisotopic (exact) mass is 501 g/mol. The molecule has 9 nitrogen and oxygen atoms in total. The number of aromatic nitrogens is 3. The summed E-state index contributed by atoms with van der Waals surface area (Å²) in [5.41, 5.74) is 4.79. The first-order chi connectivity index (χ1) is 17.9. The molecule has 0 bridgehead atoms. The molecule has 0 fully saturated rings. The topological polar surface area (TPSA) is 99.5 Å². The van der Waals surface area contributed by atoms with E-state index < -0.39 is 5.91 Å². The van der Waals surface area contributed by atoms with Gasteiger partial charge in [-0.2, -0.15) is 9.67 Å². The lowest BCUT2D eigenvalue weighted by Crippen LogP contribution is -2.18. The maximum absolute atomic E-state index is 13.6. The van der Waals surface area contributed by atoms with E-state index in [9.17, 15) is 4.79 Å². The Balaban J connectivity index is 1.64. The molecule has 0 aliphatic carbocycles. The van der Waals surface area contributed by atoms with Gasteiger partial charge in [0.15, 0.2) is 11.5 Å². The summed E-state index contributed by atoms with van der Waals surface area (Å²) in [6.07, 6.45) is 0. The number of carbonyl (C=O) groups is 1. The van der Waals surface area contributed by atoms with Crippen LogP contribution in [0.5, 0.6) is 17.2 Å². The van der Waals surface area contributed by atoms with Crippen LogP contribution in [0.4, 0.5) is 11.9 Å². The number of hydrogen-bond donors (Lipinski definition) is 2. The second-order valence-corrected chi connectivity index (χ2v) is 8.57. The second kappa shape index (κ2) is 11.5. The molecule has 4 aromatic rings. The minimum atomic E-state index is -0.401. The molecule has 0 unspecified atom stereocenters. The zero-order valence-corrected chi connectivity index (χ0v) is 21.7. The fourth-order valence-corrected chi connectivity index (χ4v) is 3.74. The van der Waals surface area contributed by atoms with Gasteiger partial charge in [-0.3, -0.25) is 4.79 Å². The summed E-state index contributed by atoms with van der Waals surface area (Å²) in [5, 5.41) is 10.9. The Kier molecular flexibility index (Phi) is 7.92. The van der Waals surface area contributed by atoms with Crippen LogP contribution in [0.2, 0.25) is 0 Å². The van der Waals surface area contributed by atoms with E-state index in [1.54, 1.807) is 12.1 Å². The van der Waals surface area contributed by atoms with Crippen LogP contribution in [-0.2, 0) is 13.1 Å². The molecule has 0 aliphatic heterocycles. The molecule has 9 heteroatoms. The number of methoxy groups -OCH3 is 3. The number of nitrogens with zero attached hydrogens (tertiary/aromatic N) is 3. The molecule has 0 radical (unpaired) electrons. The maximum atomic E-state index is 13.6. The summed E-state index contributed by atoms with van der Waals surface area (Å²) in [6.45, 7) is 5.07. The molecule has 0 atom stereocenters. The molecular weight excluding hydrogens is 470 g/mol. The summed E-state index contributed by atoms with van der Waals surface area (Å²) in [4.78, 5) is 18.2. The van der Waals surface area contributed by atoms with E-state index in [0.29, 0.717) is 47.8 Å². The average Bonchev–Trinajstić information content (AvgIpc) is 3.34. The molecule has 0 saturated carbocycles. The van der Waals surface area contributed by atoms with Crippen molar-refractivity contribution < 1.29 is 19.0 Å². The van der Waals surface area contributed by atoms with Crippen LogP contribution in [0, 0.1) is 13.8 Å². The van der Waals surface area contributed by atoms with Crippen LogP contribution in [-0.4, -0.2) is 42.0 Å². The maximum Gasteiger partial charge on any atom is 0.281 e. The van der Waals surface area contributed by atoms with Gasteiger partial charge in [-0.15, -0.1) is 5.10 Å². The van der Waals surface area contributed by atoms with Crippen LogP contribution in [0.15, 0.2) is 60.7 Å². The number of nitrogens with one attached hydrogen (secondary N) is 2. The molecule has 192 valence electrons. The smallest absolute Gasteiger partial charge is 0.281 e. The molecule has 2 N–H and O–H groups in total. The number of aryl methyl sites for hydroxylation is 2. The number of anilines is 2. The van der Waals surface area contributed by atoms with Crippen LogP contribution in [0.1, 0.15) is 32.6 Å². The molecule has 37 heavy (non-hydrogen) atoms. The minimum Gasteiger partial charge on any atom is -0.493 e. The van der Waals surface area contributed by atoms with Gasteiger partial charge in [0.05, 0.1) is 21.3 Å². The summed E-state index contributed by atoms with van der Waals surface area (Å²) >= 11 is 0. The molecular formula is C28H31N5O4. The molecule has 1 heterocycles. The molecule has 4 rings (SSSR count). The van der Waals surface area contributed by atoms with Crippen LogP contribution >= 0.6 is 0 Å². The molecule has 0 saturated heterocycles. The van der Waals surface area contributed by atoms with Gasteiger partial charge < -0.3 is 24.8 Å². The van der Waals surface area contributed by atoms with Crippen molar-refractivity contribution in [2.24, 2.45) is 0 Å². The fourth-order valence-electron chi connectivity index (χ4n) is 3.74. The van der Waals surface area contributed by atoms with Crippen molar-refractivity contribution in [3.8, 4) is 17.2 Å². The molecule has 0 spiro atoms. The lowest BCUT2D eigenvalue weighted by molar-refractivity contribution is 0.0946. The third kappa shape index (κ3) is 6.00. The van der Waals surface area contributed by atoms with Crippen molar-refractivity contribution in [1.29, 1.82) is 0 Å². The molecule has 1 aromatic heterocycles. The zero-order chi connectivity index (χ0) is 26.4. The summed E-state index contributed by atoms with van der Waals surface area (Å²) in [6, 6.07) is 19.5. The molecule has 3 aromatic carbocycles.